The third-order valence-electron chi connectivity index (χ3n) is 3.36. The minimum Gasteiger partial charge on any atom is -0.392 e. The standard InChI is InChI=1S/C14H20N4O5/c1-9(2)13(19)14(3,4)8-15-16-11-6-5-10(17(20)21)7-12(11)18(22)23/h5-9,13,16,19H,1-4H3/b15-8+. The van der Waals surface area contributed by atoms with Gasteiger partial charge in [-0.15, -0.1) is 0 Å². The van der Waals surface area contributed by atoms with Crippen LogP contribution in [0.25, 0.3) is 0 Å². The lowest BCUT2D eigenvalue weighted by Gasteiger charge is -2.29. The second kappa shape index (κ2) is 7.14. The molecule has 0 heterocycles. The molecule has 2 N–H and O–H groups in total. The van der Waals surface area contributed by atoms with Crippen molar-refractivity contribution in [3.63, 3.8) is 0 Å². The summed E-state index contributed by atoms with van der Waals surface area (Å²) in [5.41, 5.74) is 1.08. The summed E-state index contributed by atoms with van der Waals surface area (Å²) < 4.78 is 0. The van der Waals surface area contributed by atoms with E-state index in [1.165, 1.54) is 12.3 Å². The Morgan fingerprint density at radius 3 is 2.35 bits per heavy atom. The molecule has 0 bridgehead atoms. The minimum atomic E-state index is -0.723. The van der Waals surface area contributed by atoms with Crippen LogP contribution < -0.4 is 5.43 Å². The van der Waals surface area contributed by atoms with Gasteiger partial charge in [0, 0.05) is 17.7 Å². The van der Waals surface area contributed by atoms with E-state index in [-0.39, 0.29) is 17.3 Å². The molecule has 0 aliphatic carbocycles. The fraction of sp³-hybridized carbons (Fsp3) is 0.500. The van der Waals surface area contributed by atoms with Gasteiger partial charge in [0.25, 0.3) is 5.69 Å². The first-order chi connectivity index (χ1) is 10.6. The maximum Gasteiger partial charge on any atom is 0.301 e. The van der Waals surface area contributed by atoms with E-state index < -0.39 is 27.1 Å². The fourth-order valence-electron chi connectivity index (χ4n) is 2.08. The van der Waals surface area contributed by atoms with E-state index in [9.17, 15) is 25.3 Å². The first kappa shape index (κ1) is 18.5. The predicted octanol–water partition coefficient (Wildman–Crippen LogP) is 2.94. The highest BCUT2D eigenvalue weighted by molar-refractivity contribution is 5.70. The van der Waals surface area contributed by atoms with Crippen molar-refractivity contribution in [1.29, 1.82) is 0 Å². The van der Waals surface area contributed by atoms with E-state index in [1.54, 1.807) is 13.8 Å². The van der Waals surface area contributed by atoms with Gasteiger partial charge >= 0.3 is 5.69 Å². The number of aliphatic hydroxyl groups is 1. The monoisotopic (exact) mass is 324 g/mol. The molecule has 1 aromatic rings. The van der Waals surface area contributed by atoms with E-state index in [0.29, 0.717) is 0 Å². The predicted molar refractivity (Wildman–Crippen MR) is 86.5 cm³/mol. The van der Waals surface area contributed by atoms with E-state index >= 15 is 0 Å². The van der Waals surface area contributed by atoms with Gasteiger partial charge in [-0.2, -0.15) is 5.10 Å². The average Bonchev–Trinajstić information content (AvgIpc) is 2.45. The number of rotatable bonds is 7. The molecule has 0 saturated carbocycles. The molecular weight excluding hydrogens is 304 g/mol. The molecule has 1 atom stereocenters. The molecule has 1 aromatic carbocycles. The summed E-state index contributed by atoms with van der Waals surface area (Å²) in [5.74, 6) is 0.0187. The summed E-state index contributed by atoms with van der Waals surface area (Å²) in [4.78, 5) is 20.3. The van der Waals surface area contributed by atoms with Crippen LogP contribution >= 0.6 is 0 Å². The van der Waals surface area contributed by atoms with Gasteiger partial charge in [0.05, 0.1) is 22.0 Å². The molecule has 1 unspecified atom stereocenters. The molecule has 0 spiro atoms. The van der Waals surface area contributed by atoms with Crippen LogP contribution in [0.1, 0.15) is 27.7 Å². The summed E-state index contributed by atoms with van der Waals surface area (Å²) in [6.07, 6.45) is 0.822. The highest BCUT2D eigenvalue weighted by Gasteiger charge is 2.28. The lowest BCUT2D eigenvalue weighted by Crippen LogP contribution is -2.35. The number of nitrogens with zero attached hydrogens (tertiary/aromatic N) is 3. The van der Waals surface area contributed by atoms with Gasteiger partial charge in [-0.3, -0.25) is 25.7 Å². The van der Waals surface area contributed by atoms with Crippen molar-refractivity contribution in [2.24, 2.45) is 16.4 Å². The molecule has 0 aromatic heterocycles. The molecule has 0 radical (unpaired) electrons. The number of aliphatic hydroxyl groups excluding tert-OH is 1. The Morgan fingerprint density at radius 2 is 1.87 bits per heavy atom. The highest BCUT2D eigenvalue weighted by atomic mass is 16.6. The van der Waals surface area contributed by atoms with Crippen molar-refractivity contribution in [2.45, 2.75) is 33.8 Å². The highest BCUT2D eigenvalue weighted by Crippen LogP contribution is 2.29. The van der Waals surface area contributed by atoms with Crippen molar-refractivity contribution in [2.75, 3.05) is 5.43 Å². The fourth-order valence-corrected chi connectivity index (χ4v) is 2.08. The molecule has 9 nitrogen and oxygen atoms in total. The lowest BCUT2D eigenvalue weighted by atomic mass is 9.82. The zero-order chi connectivity index (χ0) is 17.8. The van der Waals surface area contributed by atoms with E-state index in [2.05, 4.69) is 10.5 Å². The molecule has 0 aliphatic rings. The number of benzene rings is 1. The third kappa shape index (κ3) is 4.71. The molecule has 1 rings (SSSR count). The molecule has 0 saturated heterocycles. The van der Waals surface area contributed by atoms with Crippen LogP contribution in [0.4, 0.5) is 17.1 Å². The maximum absolute atomic E-state index is 11.0. The second-order valence-electron chi connectivity index (χ2n) is 6.10. The van der Waals surface area contributed by atoms with Crippen molar-refractivity contribution < 1.29 is 15.0 Å². The van der Waals surface area contributed by atoms with Crippen molar-refractivity contribution in [3.8, 4) is 0 Å². The molecule has 126 valence electrons. The quantitative estimate of drug-likeness (QED) is 0.450. The normalized spacial score (nSPS) is 13.3. The number of nitro benzene ring substituents is 2. The van der Waals surface area contributed by atoms with Crippen LogP contribution in [0, 0.1) is 31.6 Å². The van der Waals surface area contributed by atoms with Gasteiger partial charge in [-0.05, 0) is 12.0 Å². The zero-order valence-corrected chi connectivity index (χ0v) is 13.4. The summed E-state index contributed by atoms with van der Waals surface area (Å²) >= 11 is 0. The number of hydrazone groups is 1. The van der Waals surface area contributed by atoms with Gasteiger partial charge in [-0.25, -0.2) is 0 Å². The van der Waals surface area contributed by atoms with Crippen molar-refractivity contribution in [3.05, 3.63) is 38.4 Å². The van der Waals surface area contributed by atoms with Gasteiger partial charge in [-0.1, -0.05) is 27.7 Å². The minimum absolute atomic E-state index is 0.0187. The number of hydrogen-bond acceptors (Lipinski definition) is 7. The molecule has 23 heavy (non-hydrogen) atoms. The lowest BCUT2D eigenvalue weighted by molar-refractivity contribution is -0.393. The van der Waals surface area contributed by atoms with Gasteiger partial charge in [0.2, 0.25) is 0 Å². The average molecular weight is 324 g/mol. The molecule has 9 heteroatoms. The van der Waals surface area contributed by atoms with Crippen molar-refractivity contribution in [1.82, 2.24) is 0 Å². The maximum atomic E-state index is 11.0. The first-order valence-corrected chi connectivity index (χ1v) is 6.97. The largest absolute Gasteiger partial charge is 0.392 e. The summed E-state index contributed by atoms with van der Waals surface area (Å²) in [5, 5.41) is 35.7. The summed E-state index contributed by atoms with van der Waals surface area (Å²) in [7, 11) is 0. The Balaban J connectivity index is 2.99. The first-order valence-electron chi connectivity index (χ1n) is 6.97. The smallest absolute Gasteiger partial charge is 0.301 e. The Hall–Kier alpha value is -2.55. The molecule has 0 aliphatic heterocycles. The van der Waals surface area contributed by atoms with Crippen LogP contribution in [0.5, 0.6) is 0 Å². The molecular formula is C14H20N4O5. The Kier molecular flexibility index (Phi) is 5.74. The van der Waals surface area contributed by atoms with E-state index in [0.717, 1.165) is 12.1 Å². The van der Waals surface area contributed by atoms with Crippen LogP contribution in [0.15, 0.2) is 23.3 Å². The molecule has 0 fully saturated rings. The van der Waals surface area contributed by atoms with Crippen LogP contribution in [0.2, 0.25) is 0 Å². The van der Waals surface area contributed by atoms with E-state index in [1.807, 2.05) is 13.8 Å². The zero-order valence-electron chi connectivity index (χ0n) is 13.4. The SMILES string of the molecule is CC(C)C(O)C(C)(C)/C=N/Nc1ccc([N+](=O)[O-])cc1[N+](=O)[O-]. The van der Waals surface area contributed by atoms with Gasteiger partial charge in [0.15, 0.2) is 0 Å². The van der Waals surface area contributed by atoms with Gasteiger partial charge < -0.3 is 5.11 Å². The number of anilines is 1. The summed E-state index contributed by atoms with van der Waals surface area (Å²) in [6.45, 7) is 7.31. The topological polar surface area (TPSA) is 131 Å². The second-order valence-corrected chi connectivity index (χ2v) is 6.10. The van der Waals surface area contributed by atoms with Crippen LogP contribution in [0.3, 0.4) is 0 Å². The summed E-state index contributed by atoms with van der Waals surface area (Å²) in [6, 6.07) is 3.24. The van der Waals surface area contributed by atoms with Gasteiger partial charge in [0.1, 0.15) is 5.69 Å². The number of non-ortho nitro benzene ring substituents is 1. The van der Waals surface area contributed by atoms with Crippen molar-refractivity contribution >= 4 is 23.3 Å². The number of nitrogens with one attached hydrogen (secondary N) is 1. The molecule has 0 amide bonds. The van der Waals surface area contributed by atoms with Crippen LogP contribution in [-0.2, 0) is 0 Å². The Bertz CT molecular complexity index is 628. The number of hydrogen-bond donors (Lipinski definition) is 2. The number of nitro groups is 2. The Morgan fingerprint density at radius 1 is 1.26 bits per heavy atom. The van der Waals surface area contributed by atoms with Crippen LogP contribution in [-0.4, -0.2) is 27.3 Å². The van der Waals surface area contributed by atoms with E-state index in [4.69, 9.17) is 0 Å². The Labute approximate surface area is 133 Å². The third-order valence-corrected chi connectivity index (χ3v) is 3.36.